The number of hydrogen-bond donors (Lipinski definition) is 1. The zero-order valence-electron chi connectivity index (χ0n) is 9.55. The Hall–Kier alpha value is -0.470. The van der Waals surface area contributed by atoms with E-state index in [9.17, 15) is 0 Å². The van der Waals surface area contributed by atoms with Gasteiger partial charge >= 0.3 is 0 Å². The minimum atomic E-state index is 0.344. The number of hydrogen-bond acceptors (Lipinski definition) is 2. The predicted molar refractivity (Wildman–Crippen MR) is 64.3 cm³/mol. The van der Waals surface area contributed by atoms with Crippen molar-refractivity contribution in [2.75, 3.05) is 6.54 Å². The van der Waals surface area contributed by atoms with E-state index >= 15 is 0 Å². The lowest BCUT2D eigenvalue weighted by Gasteiger charge is -2.17. The number of unbranched alkanes of at least 4 members (excludes halogenated alkanes) is 1. The first-order valence-corrected chi connectivity index (χ1v) is 6.13. The molecule has 0 spiro atoms. The van der Waals surface area contributed by atoms with Crippen LogP contribution in [0, 0.1) is 0 Å². The number of nitrogens with one attached hydrogen (secondary N) is 1. The maximum atomic E-state index is 5.99. The normalized spacial score (nSPS) is 13.0. The molecule has 0 aliphatic heterocycles. The third-order valence-electron chi connectivity index (χ3n) is 2.51. The Morgan fingerprint density at radius 1 is 1.40 bits per heavy atom. The van der Waals surface area contributed by atoms with Crippen LogP contribution in [0.2, 0.25) is 5.22 Å². The quantitative estimate of drug-likeness (QED) is 0.760. The van der Waals surface area contributed by atoms with E-state index in [1.165, 1.54) is 12.8 Å². The highest BCUT2D eigenvalue weighted by molar-refractivity contribution is 6.29. The molecule has 3 heteroatoms. The molecule has 0 aliphatic rings. The third-order valence-corrected chi connectivity index (χ3v) is 2.82. The largest absolute Gasteiger partial charge is 0.453 e. The van der Waals surface area contributed by atoms with Crippen LogP contribution < -0.4 is 5.32 Å². The molecule has 1 aromatic heterocycles. The van der Waals surface area contributed by atoms with Gasteiger partial charge in [-0.15, -0.1) is 0 Å². The standard InChI is InChI=1S/C12H20ClNO/c1-3-5-6-11(14-8-4-2)10-7-9-15-12(10)13/h7,9,11,14H,3-6,8H2,1-2H3. The van der Waals surface area contributed by atoms with Crippen molar-refractivity contribution in [3.63, 3.8) is 0 Å². The molecule has 0 saturated heterocycles. The van der Waals surface area contributed by atoms with Crippen molar-refractivity contribution >= 4 is 11.6 Å². The van der Waals surface area contributed by atoms with E-state index in [2.05, 4.69) is 19.2 Å². The summed E-state index contributed by atoms with van der Waals surface area (Å²) in [5.41, 5.74) is 1.10. The number of rotatable bonds is 7. The lowest BCUT2D eigenvalue weighted by atomic mass is 10.0. The van der Waals surface area contributed by atoms with Crippen LogP contribution >= 0.6 is 11.6 Å². The predicted octanol–water partition coefficient (Wildman–Crippen LogP) is 4.16. The molecule has 0 radical (unpaired) electrons. The van der Waals surface area contributed by atoms with E-state index in [4.69, 9.17) is 16.0 Å². The second-order valence-electron chi connectivity index (χ2n) is 3.80. The van der Waals surface area contributed by atoms with Crippen LogP contribution in [0.1, 0.15) is 51.1 Å². The monoisotopic (exact) mass is 229 g/mol. The third kappa shape index (κ3) is 3.88. The zero-order chi connectivity index (χ0) is 11.1. The molecule has 86 valence electrons. The lowest BCUT2D eigenvalue weighted by Crippen LogP contribution is -2.21. The van der Waals surface area contributed by atoms with E-state index in [-0.39, 0.29) is 0 Å². The molecule has 0 fully saturated rings. The van der Waals surface area contributed by atoms with Gasteiger partial charge in [-0.3, -0.25) is 0 Å². The maximum Gasteiger partial charge on any atom is 0.197 e. The van der Waals surface area contributed by atoms with Crippen LogP contribution in [0.3, 0.4) is 0 Å². The highest BCUT2D eigenvalue weighted by atomic mass is 35.5. The van der Waals surface area contributed by atoms with E-state index in [1.54, 1.807) is 6.26 Å². The smallest absolute Gasteiger partial charge is 0.197 e. The molecule has 1 atom stereocenters. The molecular formula is C12H20ClNO. The van der Waals surface area contributed by atoms with Gasteiger partial charge in [-0.1, -0.05) is 26.7 Å². The highest BCUT2D eigenvalue weighted by Gasteiger charge is 2.15. The summed E-state index contributed by atoms with van der Waals surface area (Å²) in [6.45, 7) is 5.39. The van der Waals surface area contributed by atoms with Gasteiger partial charge in [0.25, 0.3) is 0 Å². The molecule has 1 aromatic rings. The van der Waals surface area contributed by atoms with Crippen LogP contribution in [0.4, 0.5) is 0 Å². The van der Waals surface area contributed by atoms with Crippen molar-refractivity contribution in [3.05, 3.63) is 23.1 Å². The van der Waals surface area contributed by atoms with Crippen molar-refractivity contribution in [2.45, 2.75) is 45.6 Å². The molecule has 2 nitrogen and oxygen atoms in total. The van der Waals surface area contributed by atoms with Crippen LogP contribution in [0.25, 0.3) is 0 Å². The SMILES string of the molecule is CCCCC(NCCC)c1ccoc1Cl. The van der Waals surface area contributed by atoms with Crippen LogP contribution in [-0.2, 0) is 0 Å². The van der Waals surface area contributed by atoms with Crippen molar-refractivity contribution in [1.82, 2.24) is 5.32 Å². The Kier molecular flexibility index (Phi) is 5.81. The summed E-state index contributed by atoms with van der Waals surface area (Å²) in [5, 5.41) is 4.03. The number of furan rings is 1. The van der Waals surface area contributed by atoms with Gasteiger partial charge in [0.2, 0.25) is 0 Å². The summed E-state index contributed by atoms with van der Waals surface area (Å²) in [5.74, 6) is 0. The van der Waals surface area contributed by atoms with Gasteiger partial charge < -0.3 is 9.73 Å². The van der Waals surface area contributed by atoms with Crippen LogP contribution in [-0.4, -0.2) is 6.54 Å². The van der Waals surface area contributed by atoms with Crippen LogP contribution in [0.15, 0.2) is 16.7 Å². The Morgan fingerprint density at radius 2 is 2.20 bits per heavy atom. The van der Waals surface area contributed by atoms with E-state index in [1.807, 2.05) is 6.07 Å². The Bertz CT molecular complexity index is 264. The van der Waals surface area contributed by atoms with E-state index < -0.39 is 0 Å². The van der Waals surface area contributed by atoms with E-state index in [0.29, 0.717) is 11.3 Å². The summed E-state index contributed by atoms with van der Waals surface area (Å²) >= 11 is 5.99. The molecule has 1 N–H and O–H groups in total. The fourth-order valence-electron chi connectivity index (χ4n) is 1.65. The summed E-state index contributed by atoms with van der Waals surface area (Å²) in [6.07, 6.45) is 6.33. The molecule has 0 amide bonds. The zero-order valence-corrected chi connectivity index (χ0v) is 10.3. The molecule has 0 aliphatic carbocycles. The van der Waals surface area contributed by atoms with Crippen molar-refractivity contribution < 1.29 is 4.42 Å². The highest BCUT2D eigenvalue weighted by Crippen LogP contribution is 2.27. The van der Waals surface area contributed by atoms with Crippen molar-refractivity contribution in [1.29, 1.82) is 0 Å². The molecule has 1 unspecified atom stereocenters. The molecule has 1 heterocycles. The number of halogens is 1. The minimum absolute atomic E-state index is 0.344. The molecule has 0 bridgehead atoms. The van der Waals surface area contributed by atoms with Gasteiger partial charge in [-0.05, 0) is 37.1 Å². The molecular weight excluding hydrogens is 210 g/mol. The summed E-state index contributed by atoms with van der Waals surface area (Å²) < 4.78 is 5.13. The first kappa shape index (κ1) is 12.6. The molecule has 0 saturated carbocycles. The van der Waals surface area contributed by atoms with Crippen molar-refractivity contribution in [3.8, 4) is 0 Å². The summed E-state index contributed by atoms with van der Waals surface area (Å²) in [4.78, 5) is 0. The summed E-state index contributed by atoms with van der Waals surface area (Å²) in [6, 6.07) is 2.31. The fraction of sp³-hybridized carbons (Fsp3) is 0.667. The Labute approximate surface area is 97.0 Å². The Morgan fingerprint density at radius 3 is 2.73 bits per heavy atom. The Balaban J connectivity index is 2.58. The average Bonchev–Trinajstić information content (AvgIpc) is 2.65. The van der Waals surface area contributed by atoms with Gasteiger partial charge in [-0.2, -0.15) is 0 Å². The second-order valence-corrected chi connectivity index (χ2v) is 4.14. The first-order valence-electron chi connectivity index (χ1n) is 5.75. The molecule has 15 heavy (non-hydrogen) atoms. The lowest BCUT2D eigenvalue weighted by molar-refractivity contribution is 0.473. The average molecular weight is 230 g/mol. The van der Waals surface area contributed by atoms with Gasteiger partial charge in [-0.25, -0.2) is 0 Å². The molecule has 1 rings (SSSR count). The minimum Gasteiger partial charge on any atom is -0.453 e. The van der Waals surface area contributed by atoms with Gasteiger partial charge in [0, 0.05) is 11.6 Å². The summed E-state index contributed by atoms with van der Waals surface area (Å²) in [7, 11) is 0. The fourth-order valence-corrected chi connectivity index (χ4v) is 1.89. The second kappa shape index (κ2) is 6.91. The van der Waals surface area contributed by atoms with Crippen LogP contribution in [0.5, 0.6) is 0 Å². The van der Waals surface area contributed by atoms with Crippen molar-refractivity contribution in [2.24, 2.45) is 0 Å². The van der Waals surface area contributed by atoms with E-state index in [0.717, 1.165) is 24.9 Å². The van der Waals surface area contributed by atoms with Gasteiger partial charge in [0.15, 0.2) is 5.22 Å². The first-order chi connectivity index (χ1) is 7.29. The maximum absolute atomic E-state index is 5.99. The topological polar surface area (TPSA) is 25.2 Å². The van der Waals surface area contributed by atoms with Gasteiger partial charge in [0.05, 0.1) is 6.26 Å². The van der Waals surface area contributed by atoms with Gasteiger partial charge in [0.1, 0.15) is 0 Å². The molecule has 0 aromatic carbocycles.